The van der Waals surface area contributed by atoms with Crippen LogP contribution in [0, 0.1) is 20.8 Å². The van der Waals surface area contributed by atoms with Crippen molar-refractivity contribution in [2.45, 2.75) is 38.2 Å². The monoisotopic (exact) mass is 417 g/mol. The van der Waals surface area contributed by atoms with Crippen molar-refractivity contribution in [1.29, 1.82) is 0 Å². The van der Waals surface area contributed by atoms with Gasteiger partial charge in [-0.2, -0.15) is 0 Å². The van der Waals surface area contributed by atoms with E-state index in [9.17, 15) is 4.79 Å². The fourth-order valence-electron chi connectivity index (χ4n) is 3.56. The molecule has 2 heterocycles. The lowest BCUT2D eigenvalue weighted by atomic mass is 10.1. The van der Waals surface area contributed by atoms with Crippen molar-refractivity contribution in [3.8, 4) is 17.1 Å². The molecule has 0 aliphatic rings. The predicted molar refractivity (Wildman–Crippen MR) is 119 cm³/mol. The molecular formula is C24H23N3O2S. The maximum atomic E-state index is 13.2. The molecule has 0 amide bonds. The number of aryl methyl sites for hydroxylation is 2. The van der Waals surface area contributed by atoms with E-state index in [-0.39, 0.29) is 11.0 Å². The highest BCUT2D eigenvalue weighted by molar-refractivity contribution is 8.00. The minimum Gasteiger partial charge on any atom is -0.411 e. The maximum absolute atomic E-state index is 13.2. The van der Waals surface area contributed by atoms with Crippen LogP contribution in [-0.4, -0.2) is 25.8 Å². The van der Waals surface area contributed by atoms with E-state index in [1.165, 1.54) is 11.8 Å². The Morgan fingerprint density at radius 3 is 2.50 bits per heavy atom. The van der Waals surface area contributed by atoms with Gasteiger partial charge in [-0.3, -0.25) is 4.79 Å². The molecule has 152 valence electrons. The van der Waals surface area contributed by atoms with Crippen LogP contribution in [0.5, 0.6) is 0 Å². The fourth-order valence-corrected chi connectivity index (χ4v) is 4.31. The van der Waals surface area contributed by atoms with Gasteiger partial charge in [0.1, 0.15) is 0 Å². The van der Waals surface area contributed by atoms with E-state index in [0.717, 1.165) is 33.8 Å². The Morgan fingerprint density at radius 1 is 1.00 bits per heavy atom. The summed E-state index contributed by atoms with van der Waals surface area (Å²) in [6, 6.07) is 19.9. The Bertz CT molecular complexity index is 1190. The average Bonchev–Trinajstić information content (AvgIpc) is 3.32. The zero-order valence-electron chi connectivity index (χ0n) is 17.4. The van der Waals surface area contributed by atoms with E-state index < -0.39 is 0 Å². The van der Waals surface area contributed by atoms with Crippen LogP contribution in [0.2, 0.25) is 0 Å². The normalized spacial score (nSPS) is 12.1. The summed E-state index contributed by atoms with van der Waals surface area (Å²) < 4.78 is 7.90. The molecule has 0 fully saturated rings. The summed E-state index contributed by atoms with van der Waals surface area (Å²) in [5, 5.41) is 8.30. The van der Waals surface area contributed by atoms with Crippen LogP contribution in [-0.2, 0) is 0 Å². The summed E-state index contributed by atoms with van der Waals surface area (Å²) in [4.78, 5) is 13.2. The van der Waals surface area contributed by atoms with E-state index in [4.69, 9.17) is 4.42 Å². The zero-order valence-corrected chi connectivity index (χ0v) is 18.2. The second kappa shape index (κ2) is 8.32. The lowest BCUT2D eigenvalue weighted by Gasteiger charge is -2.11. The van der Waals surface area contributed by atoms with Gasteiger partial charge in [-0.15, -0.1) is 10.2 Å². The summed E-state index contributed by atoms with van der Waals surface area (Å²) in [7, 11) is 0. The molecular weight excluding hydrogens is 394 g/mol. The third kappa shape index (κ3) is 3.96. The number of thioether (sulfide) groups is 1. The zero-order chi connectivity index (χ0) is 21.3. The molecule has 0 aliphatic heterocycles. The quantitative estimate of drug-likeness (QED) is 0.292. The molecule has 5 nitrogen and oxygen atoms in total. The summed E-state index contributed by atoms with van der Waals surface area (Å²) in [5.74, 6) is 0.508. The number of nitrogens with zero attached hydrogens (tertiary/aromatic N) is 3. The number of para-hydroxylation sites is 1. The minimum absolute atomic E-state index is 0.0468. The minimum atomic E-state index is -0.347. The molecule has 0 radical (unpaired) electrons. The number of ketones is 1. The smallest absolute Gasteiger partial charge is 0.277 e. The molecule has 0 N–H and O–H groups in total. The lowest BCUT2D eigenvalue weighted by Crippen LogP contribution is -2.14. The van der Waals surface area contributed by atoms with Crippen LogP contribution in [0.3, 0.4) is 0 Å². The summed E-state index contributed by atoms with van der Waals surface area (Å²) >= 11 is 1.29. The molecule has 0 bridgehead atoms. The van der Waals surface area contributed by atoms with Crippen LogP contribution in [0.1, 0.15) is 34.2 Å². The first-order valence-corrected chi connectivity index (χ1v) is 10.7. The Labute approximate surface area is 180 Å². The Hall–Kier alpha value is -3.12. The third-order valence-corrected chi connectivity index (χ3v) is 5.96. The van der Waals surface area contributed by atoms with Crippen molar-refractivity contribution < 1.29 is 9.21 Å². The van der Waals surface area contributed by atoms with Crippen LogP contribution < -0.4 is 0 Å². The SMILES string of the molecule is Cc1cccc(-c2nnc(S[C@H](C)C(=O)c3cc(C)n(-c4ccccc4)c3C)o2)c1. The van der Waals surface area contributed by atoms with Gasteiger partial charge in [0.2, 0.25) is 5.89 Å². The predicted octanol–water partition coefficient (Wildman–Crippen LogP) is 5.82. The van der Waals surface area contributed by atoms with Gasteiger partial charge in [0.05, 0.1) is 5.25 Å². The number of carbonyl (C=O) groups is 1. The molecule has 1 atom stereocenters. The van der Waals surface area contributed by atoms with Gasteiger partial charge < -0.3 is 8.98 Å². The summed E-state index contributed by atoms with van der Waals surface area (Å²) in [6.45, 7) is 7.88. The number of benzene rings is 2. The molecule has 0 aliphatic carbocycles. The molecule has 2 aromatic heterocycles. The number of Topliss-reactive ketones (excluding diaryl/α,β-unsaturated/α-hetero) is 1. The van der Waals surface area contributed by atoms with Gasteiger partial charge in [-0.05, 0) is 58.0 Å². The van der Waals surface area contributed by atoms with Crippen molar-refractivity contribution in [2.24, 2.45) is 0 Å². The number of aromatic nitrogens is 3. The largest absolute Gasteiger partial charge is 0.411 e. The summed E-state index contributed by atoms with van der Waals surface area (Å²) in [5.41, 5.74) is 5.72. The Balaban J connectivity index is 1.54. The number of carbonyl (C=O) groups excluding carboxylic acids is 1. The van der Waals surface area contributed by atoms with Crippen molar-refractivity contribution in [2.75, 3.05) is 0 Å². The van der Waals surface area contributed by atoms with Gasteiger partial charge in [0, 0.05) is 28.2 Å². The van der Waals surface area contributed by atoms with Crippen molar-refractivity contribution in [3.05, 3.63) is 83.2 Å². The first-order valence-electron chi connectivity index (χ1n) is 9.80. The molecule has 0 saturated heterocycles. The molecule has 0 saturated carbocycles. The molecule has 0 spiro atoms. The highest BCUT2D eigenvalue weighted by Gasteiger charge is 2.24. The van der Waals surface area contributed by atoms with Crippen molar-refractivity contribution >= 4 is 17.5 Å². The average molecular weight is 418 g/mol. The lowest BCUT2D eigenvalue weighted by molar-refractivity contribution is 0.0993. The van der Waals surface area contributed by atoms with Crippen LogP contribution >= 0.6 is 11.8 Å². The summed E-state index contributed by atoms with van der Waals surface area (Å²) in [6.07, 6.45) is 0. The third-order valence-electron chi connectivity index (χ3n) is 5.03. The van der Waals surface area contributed by atoms with Crippen molar-refractivity contribution in [3.63, 3.8) is 0 Å². The standard InChI is InChI=1S/C24H23N3O2S/c1-15-9-8-10-19(13-15)23-25-26-24(29-23)30-18(4)22(28)21-14-16(2)27(17(21)3)20-11-6-5-7-12-20/h5-14,18H,1-4H3/t18-/m1/s1. The molecule has 2 aromatic carbocycles. The second-order valence-electron chi connectivity index (χ2n) is 7.32. The van der Waals surface area contributed by atoms with Gasteiger partial charge in [0.15, 0.2) is 5.78 Å². The first-order chi connectivity index (χ1) is 14.4. The van der Waals surface area contributed by atoms with Gasteiger partial charge >= 0.3 is 0 Å². The van der Waals surface area contributed by atoms with Crippen molar-refractivity contribution in [1.82, 2.24) is 14.8 Å². The maximum Gasteiger partial charge on any atom is 0.277 e. The molecule has 30 heavy (non-hydrogen) atoms. The second-order valence-corrected chi connectivity index (χ2v) is 8.61. The molecule has 4 aromatic rings. The Morgan fingerprint density at radius 2 is 1.77 bits per heavy atom. The molecule has 4 rings (SSSR count). The van der Waals surface area contributed by atoms with Crippen LogP contribution in [0.4, 0.5) is 0 Å². The first kappa shape index (κ1) is 20.2. The number of hydrogen-bond donors (Lipinski definition) is 0. The highest BCUT2D eigenvalue weighted by Crippen LogP contribution is 2.30. The molecule has 0 unspecified atom stereocenters. The van der Waals surface area contributed by atoms with Gasteiger partial charge in [-0.1, -0.05) is 47.7 Å². The molecule has 6 heteroatoms. The fraction of sp³-hybridized carbons (Fsp3) is 0.208. The van der Waals surface area contributed by atoms with E-state index >= 15 is 0 Å². The van der Waals surface area contributed by atoms with E-state index in [1.807, 2.05) is 88.4 Å². The van der Waals surface area contributed by atoms with Crippen LogP contribution in [0.25, 0.3) is 17.1 Å². The van der Waals surface area contributed by atoms with Gasteiger partial charge in [-0.25, -0.2) is 0 Å². The number of rotatable bonds is 6. The van der Waals surface area contributed by atoms with E-state index in [0.29, 0.717) is 11.1 Å². The highest BCUT2D eigenvalue weighted by atomic mass is 32.2. The van der Waals surface area contributed by atoms with Gasteiger partial charge in [0.25, 0.3) is 5.22 Å². The topological polar surface area (TPSA) is 60.9 Å². The van der Waals surface area contributed by atoms with Crippen LogP contribution in [0.15, 0.2) is 70.3 Å². The Kier molecular flexibility index (Phi) is 5.59. The number of hydrogen-bond acceptors (Lipinski definition) is 5. The van der Waals surface area contributed by atoms with E-state index in [2.05, 4.69) is 14.8 Å². The van der Waals surface area contributed by atoms with E-state index in [1.54, 1.807) is 0 Å².